The molecule has 1 aliphatic carbocycles. The summed E-state index contributed by atoms with van der Waals surface area (Å²) in [5, 5.41) is 8.22. The van der Waals surface area contributed by atoms with Gasteiger partial charge in [-0.2, -0.15) is 0 Å². The van der Waals surface area contributed by atoms with Gasteiger partial charge in [0.15, 0.2) is 0 Å². The number of fused-ring (bicyclic) bond motifs is 3. The number of rotatable bonds is 12. The Kier molecular flexibility index (Phi) is 11.5. The van der Waals surface area contributed by atoms with Crippen molar-refractivity contribution in [1.82, 2.24) is 0 Å². The second-order valence-corrected chi connectivity index (χ2v) is 19.7. The average Bonchev–Trinajstić information content (AvgIpc) is 3.58. The molecule has 0 fully saturated rings. The molecule has 8 aromatic carbocycles. The Hall–Kier alpha value is -5.90. The zero-order chi connectivity index (χ0) is 40.0. The van der Waals surface area contributed by atoms with Crippen molar-refractivity contribution in [3.8, 4) is 11.1 Å². The Labute approximate surface area is 353 Å². The van der Waals surface area contributed by atoms with Crippen molar-refractivity contribution in [2.75, 3.05) is 0 Å². The van der Waals surface area contributed by atoms with Crippen LogP contribution in [0.5, 0.6) is 0 Å². The molecular formula is C57H48P2. The van der Waals surface area contributed by atoms with Crippen LogP contribution in [-0.4, -0.2) is 0 Å². The maximum atomic E-state index is 2.45. The third kappa shape index (κ3) is 7.97. The van der Waals surface area contributed by atoms with Gasteiger partial charge in [0, 0.05) is 5.41 Å². The molecular weight excluding hydrogens is 747 g/mol. The molecule has 59 heavy (non-hydrogen) atoms. The highest BCUT2D eigenvalue weighted by molar-refractivity contribution is 7.80. The van der Waals surface area contributed by atoms with Crippen molar-refractivity contribution in [3.05, 3.63) is 240 Å². The molecule has 0 radical (unpaired) electrons. The Bertz CT molecular complexity index is 2430. The maximum Gasteiger partial charge on any atom is 0.0210 e. The van der Waals surface area contributed by atoms with Crippen molar-refractivity contribution in [2.45, 2.75) is 32.1 Å². The van der Waals surface area contributed by atoms with Gasteiger partial charge in [-0.25, -0.2) is 0 Å². The zero-order valence-corrected chi connectivity index (χ0v) is 35.5. The molecule has 0 amide bonds. The minimum Gasteiger partial charge on any atom is -0.0642 e. The summed E-state index contributed by atoms with van der Waals surface area (Å²) in [4.78, 5) is 0. The lowest BCUT2D eigenvalue weighted by Gasteiger charge is -2.30. The van der Waals surface area contributed by atoms with Crippen LogP contribution in [0.3, 0.4) is 0 Å². The minimum atomic E-state index is -0.616. The van der Waals surface area contributed by atoms with Gasteiger partial charge in [-0.3, -0.25) is 0 Å². The standard InChI is InChI=1S/C57H48P2/c1-3-57(4-2)55-41-45(27-25-43-29-35-51(36-30-43)58(47-17-9-5-10-18-47)48-19-11-6-12-20-48)33-39-53(55)54-40-34-46(42-56(54)57)28-26-44-31-37-52(38-32-44)59(49-21-13-7-14-22-49)50-23-15-8-16-24-50/h5-42H,3-4H2,1-2H3/b27-25+,28-26+. The van der Waals surface area contributed by atoms with Gasteiger partial charge in [-0.05, 0) is 105 Å². The van der Waals surface area contributed by atoms with Crippen LogP contribution in [0, 0.1) is 0 Å². The summed E-state index contributed by atoms with van der Waals surface area (Å²) in [7, 11) is -1.23. The lowest BCUT2D eigenvalue weighted by Crippen LogP contribution is -2.23. The van der Waals surface area contributed by atoms with Crippen molar-refractivity contribution in [3.63, 3.8) is 0 Å². The molecule has 0 atom stereocenters. The van der Waals surface area contributed by atoms with Gasteiger partial charge >= 0.3 is 0 Å². The minimum absolute atomic E-state index is 0.0141. The molecule has 0 aliphatic heterocycles. The normalized spacial score (nSPS) is 13.0. The summed E-state index contributed by atoms with van der Waals surface area (Å²) in [6, 6.07) is 76.2. The lowest BCUT2D eigenvalue weighted by molar-refractivity contribution is 0.490. The van der Waals surface area contributed by atoms with Crippen LogP contribution in [0.2, 0.25) is 0 Å². The second-order valence-electron chi connectivity index (χ2n) is 15.3. The first-order valence-corrected chi connectivity index (χ1v) is 23.5. The summed E-state index contributed by atoms with van der Waals surface area (Å²) in [6.45, 7) is 4.71. The van der Waals surface area contributed by atoms with Crippen LogP contribution in [0.4, 0.5) is 0 Å². The van der Waals surface area contributed by atoms with Crippen molar-refractivity contribution < 1.29 is 0 Å². The summed E-state index contributed by atoms with van der Waals surface area (Å²) in [6.07, 6.45) is 11.2. The number of hydrogen-bond donors (Lipinski definition) is 0. The first-order chi connectivity index (χ1) is 29.1. The molecule has 0 spiro atoms. The van der Waals surface area contributed by atoms with Gasteiger partial charge in [-0.1, -0.05) is 244 Å². The molecule has 0 saturated heterocycles. The smallest absolute Gasteiger partial charge is 0.0210 e. The summed E-state index contributed by atoms with van der Waals surface area (Å²) in [5.74, 6) is 0. The Morgan fingerprint density at radius 2 is 0.593 bits per heavy atom. The van der Waals surface area contributed by atoms with Crippen LogP contribution < -0.4 is 31.8 Å². The third-order valence-corrected chi connectivity index (χ3v) is 16.8. The fourth-order valence-corrected chi connectivity index (χ4v) is 13.4. The van der Waals surface area contributed by atoms with Gasteiger partial charge in [0.25, 0.3) is 0 Å². The van der Waals surface area contributed by atoms with Crippen molar-refractivity contribution >= 4 is 72.0 Å². The van der Waals surface area contributed by atoms with E-state index in [-0.39, 0.29) is 5.41 Å². The fourth-order valence-electron chi connectivity index (χ4n) is 8.81. The third-order valence-electron chi connectivity index (χ3n) is 11.9. The van der Waals surface area contributed by atoms with E-state index in [9.17, 15) is 0 Å². The first kappa shape index (κ1) is 38.6. The SMILES string of the molecule is CCC1(CC)c2cc(/C=C/c3ccc(P(c4ccccc4)c4ccccc4)cc3)ccc2-c2ccc(/C=C/c3ccc(P(c4ccccc4)c4ccccc4)cc3)cc21. The van der Waals surface area contributed by atoms with Crippen LogP contribution in [0.1, 0.15) is 60.1 Å². The van der Waals surface area contributed by atoms with Gasteiger partial charge < -0.3 is 0 Å². The average molecular weight is 795 g/mol. The summed E-state index contributed by atoms with van der Waals surface area (Å²) < 4.78 is 0. The van der Waals surface area contributed by atoms with Crippen molar-refractivity contribution in [1.29, 1.82) is 0 Å². The van der Waals surface area contributed by atoms with Gasteiger partial charge in [-0.15, -0.1) is 0 Å². The van der Waals surface area contributed by atoms with E-state index in [1.807, 2.05) is 0 Å². The molecule has 2 heteroatoms. The van der Waals surface area contributed by atoms with E-state index in [4.69, 9.17) is 0 Å². The molecule has 9 rings (SSSR count). The molecule has 8 aromatic rings. The molecule has 1 aliphatic rings. The zero-order valence-electron chi connectivity index (χ0n) is 33.7. The largest absolute Gasteiger partial charge is 0.0642 e. The quantitative estimate of drug-likeness (QED) is 0.0854. The van der Waals surface area contributed by atoms with Gasteiger partial charge in [0.1, 0.15) is 0 Å². The Morgan fingerprint density at radius 3 is 0.898 bits per heavy atom. The van der Waals surface area contributed by atoms with Gasteiger partial charge in [0.2, 0.25) is 0 Å². The van der Waals surface area contributed by atoms with E-state index in [0.29, 0.717) is 0 Å². The van der Waals surface area contributed by atoms with Crippen LogP contribution in [-0.2, 0) is 5.41 Å². The highest BCUT2D eigenvalue weighted by Crippen LogP contribution is 2.53. The lowest BCUT2D eigenvalue weighted by atomic mass is 9.73. The topological polar surface area (TPSA) is 0 Å². The van der Waals surface area contributed by atoms with E-state index in [0.717, 1.165) is 12.8 Å². The van der Waals surface area contributed by atoms with E-state index in [1.54, 1.807) is 0 Å². The van der Waals surface area contributed by atoms with Crippen LogP contribution in [0.15, 0.2) is 206 Å². The molecule has 0 bridgehead atoms. The van der Waals surface area contributed by atoms with Gasteiger partial charge in [0.05, 0.1) is 0 Å². The molecule has 0 saturated carbocycles. The Balaban J connectivity index is 0.944. The Morgan fingerprint density at radius 1 is 0.322 bits per heavy atom. The highest BCUT2D eigenvalue weighted by Gasteiger charge is 2.40. The second kappa shape index (κ2) is 17.5. The molecule has 0 unspecified atom stereocenters. The monoisotopic (exact) mass is 794 g/mol. The molecule has 0 nitrogen and oxygen atoms in total. The van der Waals surface area contributed by atoms with E-state index in [1.165, 1.54) is 76.3 Å². The predicted octanol–water partition coefficient (Wildman–Crippen LogP) is 12.6. The summed E-state index contributed by atoms with van der Waals surface area (Å²) >= 11 is 0. The maximum absolute atomic E-state index is 2.45. The van der Waals surface area contributed by atoms with E-state index < -0.39 is 15.8 Å². The predicted molar refractivity (Wildman–Crippen MR) is 261 cm³/mol. The van der Waals surface area contributed by atoms with Crippen molar-refractivity contribution in [2.24, 2.45) is 0 Å². The molecule has 0 heterocycles. The molecule has 0 N–H and O–H groups in total. The fraction of sp³-hybridized carbons (Fsp3) is 0.0877. The van der Waals surface area contributed by atoms with Crippen LogP contribution >= 0.6 is 15.8 Å². The summed E-state index contributed by atoms with van der Waals surface area (Å²) in [5.41, 5.74) is 10.6. The number of benzene rings is 8. The molecule has 0 aromatic heterocycles. The van der Waals surface area contributed by atoms with Crippen LogP contribution in [0.25, 0.3) is 35.4 Å². The first-order valence-electron chi connectivity index (χ1n) is 20.8. The highest BCUT2D eigenvalue weighted by atomic mass is 31.1. The number of hydrogen-bond acceptors (Lipinski definition) is 0. The molecule has 286 valence electrons. The van der Waals surface area contributed by atoms with E-state index >= 15 is 0 Å². The van der Waals surface area contributed by atoms with E-state index in [2.05, 4.69) is 244 Å².